The maximum atomic E-state index is 12.7. The van der Waals surface area contributed by atoms with Crippen molar-refractivity contribution in [1.82, 2.24) is 0 Å². The van der Waals surface area contributed by atoms with Crippen molar-refractivity contribution in [2.24, 2.45) is 5.41 Å². The molecule has 0 fully saturated rings. The number of carbonyl (C=O) groups excluding carboxylic acids is 3. The summed E-state index contributed by atoms with van der Waals surface area (Å²) in [5.74, 6) is -1.15. The lowest BCUT2D eigenvalue weighted by molar-refractivity contribution is -0.123. The monoisotopic (exact) mass is 388 g/mol. The first-order chi connectivity index (χ1) is 12.6. The smallest absolute Gasteiger partial charge is 0.341 e. The summed E-state index contributed by atoms with van der Waals surface area (Å²) >= 11 is 1.07. The molecule has 0 aliphatic rings. The molecular formula is C20H24N2O4S. The fraction of sp³-hybridized carbons (Fsp3) is 0.350. The SMILES string of the molecule is CCOC(=O)c1c(NC(=O)C(C)(C)C)sc(C(=O)Nc2ccccc2)c1C. The van der Waals surface area contributed by atoms with Crippen molar-refractivity contribution in [3.05, 3.63) is 46.3 Å². The predicted octanol–water partition coefficient (Wildman–Crippen LogP) is 4.47. The number of esters is 1. The van der Waals surface area contributed by atoms with E-state index in [1.165, 1.54) is 0 Å². The van der Waals surface area contributed by atoms with Gasteiger partial charge in [0.1, 0.15) is 5.00 Å². The maximum Gasteiger partial charge on any atom is 0.341 e. The lowest BCUT2D eigenvalue weighted by Gasteiger charge is -2.17. The van der Waals surface area contributed by atoms with Crippen molar-refractivity contribution in [2.45, 2.75) is 34.6 Å². The van der Waals surface area contributed by atoms with Gasteiger partial charge in [-0.2, -0.15) is 0 Å². The maximum absolute atomic E-state index is 12.7. The van der Waals surface area contributed by atoms with E-state index < -0.39 is 11.4 Å². The number of rotatable bonds is 5. The third kappa shape index (κ3) is 4.95. The molecule has 1 heterocycles. The molecule has 0 saturated carbocycles. The van der Waals surface area contributed by atoms with Crippen LogP contribution in [0.2, 0.25) is 0 Å². The number of nitrogens with one attached hydrogen (secondary N) is 2. The van der Waals surface area contributed by atoms with Crippen molar-refractivity contribution in [3.8, 4) is 0 Å². The summed E-state index contributed by atoms with van der Waals surface area (Å²) in [4.78, 5) is 37.9. The third-order valence-corrected chi connectivity index (χ3v) is 4.98. The van der Waals surface area contributed by atoms with Crippen molar-refractivity contribution in [1.29, 1.82) is 0 Å². The summed E-state index contributed by atoms with van der Waals surface area (Å²) in [7, 11) is 0. The lowest BCUT2D eigenvalue weighted by Crippen LogP contribution is -2.28. The Bertz CT molecular complexity index is 851. The number of anilines is 2. The molecule has 0 unspecified atom stereocenters. The van der Waals surface area contributed by atoms with Crippen LogP contribution in [0.5, 0.6) is 0 Å². The lowest BCUT2D eigenvalue weighted by atomic mass is 9.96. The molecule has 1 aromatic heterocycles. The van der Waals surface area contributed by atoms with E-state index in [0.29, 0.717) is 21.1 Å². The molecule has 0 atom stereocenters. The van der Waals surface area contributed by atoms with Gasteiger partial charge in [-0.25, -0.2) is 4.79 Å². The van der Waals surface area contributed by atoms with E-state index in [1.54, 1.807) is 46.8 Å². The molecule has 2 N–H and O–H groups in total. The first kappa shape index (κ1) is 20.6. The Morgan fingerprint density at radius 3 is 2.26 bits per heavy atom. The molecule has 2 rings (SSSR count). The first-order valence-electron chi connectivity index (χ1n) is 8.63. The van der Waals surface area contributed by atoms with Crippen LogP contribution in [-0.2, 0) is 9.53 Å². The number of para-hydroxylation sites is 1. The second kappa shape index (κ2) is 8.35. The van der Waals surface area contributed by atoms with Crippen molar-refractivity contribution < 1.29 is 19.1 Å². The van der Waals surface area contributed by atoms with Gasteiger partial charge in [-0.15, -0.1) is 11.3 Å². The number of ether oxygens (including phenoxy) is 1. The molecule has 7 heteroatoms. The Balaban J connectivity index is 2.41. The molecule has 0 aliphatic heterocycles. The summed E-state index contributed by atoms with van der Waals surface area (Å²) in [5.41, 5.74) is 0.707. The summed E-state index contributed by atoms with van der Waals surface area (Å²) < 4.78 is 5.11. The molecule has 0 bridgehead atoms. The largest absolute Gasteiger partial charge is 0.462 e. The van der Waals surface area contributed by atoms with E-state index in [4.69, 9.17) is 4.74 Å². The Morgan fingerprint density at radius 1 is 1.07 bits per heavy atom. The summed E-state index contributed by atoms with van der Waals surface area (Å²) in [6, 6.07) is 9.03. The predicted molar refractivity (Wildman–Crippen MR) is 107 cm³/mol. The Kier molecular flexibility index (Phi) is 6.38. The zero-order chi connectivity index (χ0) is 20.2. The second-order valence-electron chi connectivity index (χ2n) is 7.01. The average Bonchev–Trinajstić information content (AvgIpc) is 2.91. The number of carbonyl (C=O) groups is 3. The normalized spacial score (nSPS) is 11.0. The first-order valence-corrected chi connectivity index (χ1v) is 9.45. The van der Waals surface area contributed by atoms with Gasteiger partial charge in [0.2, 0.25) is 5.91 Å². The zero-order valence-electron chi connectivity index (χ0n) is 16.1. The van der Waals surface area contributed by atoms with Crippen LogP contribution in [0.4, 0.5) is 10.7 Å². The fourth-order valence-corrected chi connectivity index (χ4v) is 3.35. The van der Waals surface area contributed by atoms with Gasteiger partial charge in [-0.05, 0) is 31.5 Å². The highest BCUT2D eigenvalue weighted by atomic mass is 32.1. The topological polar surface area (TPSA) is 84.5 Å². The summed E-state index contributed by atoms with van der Waals surface area (Å²) in [6.45, 7) is 8.90. The standard InChI is InChI=1S/C20H24N2O4S/c1-6-26-18(24)14-12(2)15(16(23)21-13-10-8-7-9-11-13)27-17(14)22-19(25)20(3,4)5/h7-11H,6H2,1-5H3,(H,21,23)(H,22,25). The van der Waals surface area contributed by atoms with E-state index in [2.05, 4.69) is 10.6 Å². The van der Waals surface area contributed by atoms with Crippen molar-refractivity contribution in [2.75, 3.05) is 17.2 Å². The van der Waals surface area contributed by atoms with Gasteiger partial charge < -0.3 is 15.4 Å². The Hall–Kier alpha value is -2.67. The van der Waals surface area contributed by atoms with Crippen molar-refractivity contribution >= 4 is 39.8 Å². The van der Waals surface area contributed by atoms with Gasteiger partial charge in [-0.1, -0.05) is 39.0 Å². The Morgan fingerprint density at radius 2 is 1.70 bits per heavy atom. The number of benzene rings is 1. The number of hydrogen-bond acceptors (Lipinski definition) is 5. The molecule has 1 aromatic carbocycles. The van der Waals surface area contributed by atoms with Crippen molar-refractivity contribution in [3.63, 3.8) is 0 Å². The van der Waals surface area contributed by atoms with E-state index in [1.807, 2.05) is 18.2 Å². The molecule has 0 saturated heterocycles. The van der Waals surface area contributed by atoms with Crippen LogP contribution in [0, 0.1) is 12.3 Å². The summed E-state index contributed by atoms with van der Waals surface area (Å²) in [5, 5.41) is 5.89. The van der Waals surface area contributed by atoms with Gasteiger partial charge >= 0.3 is 5.97 Å². The zero-order valence-corrected chi connectivity index (χ0v) is 17.0. The highest BCUT2D eigenvalue weighted by Gasteiger charge is 2.29. The minimum absolute atomic E-state index is 0.201. The third-order valence-electron chi connectivity index (χ3n) is 3.77. The highest BCUT2D eigenvalue weighted by Crippen LogP contribution is 2.35. The molecule has 6 nitrogen and oxygen atoms in total. The molecule has 0 radical (unpaired) electrons. The van der Waals surface area contributed by atoms with E-state index in [-0.39, 0.29) is 24.0 Å². The van der Waals surface area contributed by atoms with E-state index in [0.717, 1.165) is 11.3 Å². The minimum atomic E-state index is -0.643. The fourth-order valence-electron chi connectivity index (χ4n) is 2.27. The van der Waals surface area contributed by atoms with E-state index >= 15 is 0 Å². The molecular weight excluding hydrogens is 364 g/mol. The second-order valence-corrected chi connectivity index (χ2v) is 8.03. The number of thiophene rings is 1. The van der Waals surface area contributed by atoms with Crippen LogP contribution in [0.3, 0.4) is 0 Å². The van der Waals surface area contributed by atoms with Gasteiger partial charge in [0.05, 0.1) is 17.0 Å². The molecule has 27 heavy (non-hydrogen) atoms. The van der Waals surface area contributed by atoms with Crippen LogP contribution in [0.15, 0.2) is 30.3 Å². The molecule has 2 aromatic rings. The minimum Gasteiger partial charge on any atom is -0.462 e. The van der Waals surface area contributed by atoms with Crippen LogP contribution in [-0.4, -0.2) is 24.4 Å². The van der Waals surface area contributed by atoms with Crippen LogP contribution < -0.4 is 10.6 Å². The van der Waals surface area contributed by atoms with E-state index in [9.17, 15) is 14.4 Å². The van der Waals surface area contributed by atoms with Crippen LogP contribution in [0.1, 0.15) is 53.3 Å². The van der Waals surface area contributed by atoms with Gasteiger partial charge in [0.25, 0.3) is 5.91 Å². The highest BCUT2D eigenvalue weighted by molar-refractivity contribution is 7.19. The molecule has 144 valence electrons. The van der Waals surface area contributed by atoms with Gasteiger partial charge in [0, 0.05) is 11.1 Å². The van der Waals surface area contributed by atoms with Gasteiger partial charge in [0.15, 0.2) is 0 Å². The van der Waals surface area contributed by atoms with Crippen LogP contribution >= 0.6 is 11.3 Å². The van der Waals surface area contributed by atoms with Crippen LogP contribution in [0.25, 0.3) is 0 Å². The molecule has 2 amide bonds. The van der Waals surface area contributed by atoms with Gasteiger partial charge in [-0.3, -0.25) is 9.59 Å². The number of hydrogen-bond donors (Lipinski definition) is 2. The Labute approximate surface area is 162 Å². The number of amides is 2. The summed E-state index contributed by atoms with van der Waals surface area (Å²) in [6.07, 6.45) is 0. The molecule has 0 spiro atoms. The quantitative estimate of drug-likeness (QED) is 0.740. The average molecular weight is 388 g/mol. The molecule has 0 aliphatic carbocycles.